The number of halogens is 3. The topological polar surface area (TPSA) is 75.7 Å². The van der Waals surface area contributed by atoms with E-state index in [9.17, 15) is 17.6 Å². The number of likely N-dealkylation sites (tertiary alicyclic amines) is 1. The molecular formula is C21H21ClF2N2O4S. The van der Waals surface area contributed by atoms with Crippen LogP contribution < -0.4 is 10.1 Å². The lowest BCUT2D eigenvalue weighted by atomic mass is 9.80. The molecule has 4 rings (SSSR count). The number of amides is 2. The third-order valence-electron chi connectivity index (χ3n) is 5.92. The Morgan fingerprint density at radius 2 is 1.90 bits per heavy atom. The van der Waals surface area contributed by atoms with Gasteiger partial charge in [-0.1, -0.05) is 11.6 Å². The van der Waals surface area contributed by atoms with Crippen molar-refractivity contribution in [2.45, 2.75) is 35.4 Å². The number of nitrogens with zero attached hydrogens (tertiary/aromatic N) is 1. The molecule has 1 fully saturated rings. The average Bonchev–Trinajstić information content (AvgIpc) is 2.75. The highest BCUT2D eigenvalue weighted by atomic mass is 35.5. The van der Waals surface area contributed by atoms with Crippen molar-refractivity contribution in [2.75, 3.05) is 19.7 Å². The first kappa shape index (κ1) is 21.8. The summed E-state index contributed by atoms with van der Waals surface area (Å²) in [6.07, 6.45) is 0.297. The molecule has 0 saturated carbocycles. The van der Waals surface area contributed by atoms with Gasteiger partial charge in [0.25, 0.3) is 0 Å². The molecule has 2 aliphatic heterocycles. The number of sulfone groups is 1. The number of piperidine rings is 1. The number of hydrogen-bond acceptors (Lipinski definition) is 4. The summed E-state index contributed by atoms with van der Waals surface area (Å²) in [6.45, 7) is 2.06. The van der Waals surface area contributed by atoms with E-state index < -0.39 is 44.0 Å². The van der Waals surface area contributed by atoms with Gasteiger partial charge in [-0.25, -0.2) is 22.0 Å². The first-order valence-corrected chi connectivity index (χ1v) is 11.8. The fourth-order valence-electron chi connectivity index (χ4n) is 4.60. The maximum atomic E-state index is 15.2. The minimum absolute atomic E-state index is 0.00919. The van der Waals surface area contributed by atoms with Crippen molar-refractivity contribution in [3.63, 3.8) is 0 Å². The van der Waals surface area contributed by atoms with Gasteiger partial charge in [-0.05, 0) is 56.2 Å². The molecule has 2 aliphatic rings. The minimum atomic E-state index is -4.30. The zero-order valence-corrected chi connectivity index (χ0v) is 18.3. The number of ether oxygens (including phenoxy) is 1. The second-order valence-corrected chi connectivity index (χ2v) is 10.2. The molecule has 0 spiro atoms. The number of nitrogens with one attached hydrogen (secondary N) is 1. The molecule has 0 unspecified atom stereocenters. The second kappa shape index (κ2) is 7.94. The lowest BCUT2D eigenvalue weighted by molar-refractivity contribution is 0.0659. The summed E-state index contributed by atoms with van der Waals surface area (Å²) in [4.78, 5) is 14.0. The van der Waals surface area contributed by atoms with E-state index in [0.717, 1.165) is 12.1 Å². The largest absolute Gasteiger partial charge is 0.488 e. The van der Waals surface area contributed by atoms with E-state index >= 15 is 4.39 Å². The van der Waals surface area contributed by atoms with E-state index in [2.05, 4.69) is 5.32 Å². The van der Waals surface area contributed by atoms with Crippen LogP contribution in [0, 0.1) is 11.6 Å². The van der Waals surface area contributed by atoms with Crippen molar-refractivity contribution in [3.05, 3.63) is 58.6 Å². The highest BCUT2D eigenvalue weighted by Crippen LogP contribution is 2.53. The van der Waals surface area contributed by atoms with Gasteiger partial charge in [-0.15, -0.1) is 0 Å². The molecular weight excluding hydrogens is 450 g/mol. The summed E-state index contributed by atoms with van der Waals surface area (Å²) in [6, 6.07) is 5.79. The molecule has 31 heavy (non-hydrogen) atoms. The van der Waals surface area contributed by atoms with Crippen LogP contribution in [0.4, 0.5) is 13.6 Å². The van der Waals surface area contributed by atoms with Crippen LogP contribution in [0.25, 0.3) is 0 Å². The molecule has 1 saturated heterocycles. The Morgan fingerprint density at radius 1 is 1.23 bits per heavy atom. The molecule has 0 aromatic heterocycles. The zero-order valence-electron chi connectivity index (χ0n) is 16.7. The van der Waals surface area contributed by atoms with Gasteiger partial charge in [0.2, 0.25) is 0 Å². The first-order chi connectivity index (χ1) is 14.7. The Bertz CT molecular complexity index is 1130. The van der Waals surface area contributed by atoms with E-state index in [0.29, 0.717) is 11.6 Å². The third-order valence-corrected chi connectivity index (χ3v) is 8.71. The number of rotatable bonds is 3. The van der Waals surface area contributed by atoms with Crippen molar-refractivity contribution in [3.8, 4) is 5.75 Å². The monoisotopic (exact) mass is 470 g/mol. The van der Waals surface area contributed by atoms with Crippen molar-refractivity contribution in [1.82, 2.24) is 10.2 Å². The van der Waals surface area contributed by atoms with Crippen LogP contribution in [-0.2, 0) is 14.6 Å². The van der Waals surface area contributed by atoms with Crippen LogP contribution in [-0.4, -0.2) is 45.1 Å². The van der Waals surface area contributed by atoms with Gasteiger partial charge in [-0.2, -0.15) is 0 Å². The van der Waals surface area contributed by atoms with Gasteiger partial charge >= 0.3 is 6.03 Å². The molecule has 0 aliphatic carbocycles. The Labute approximate surface area is 184 Å². The van der Waals surface area contributed by atoms with Gasteiger partial charge in [0, 0.05) is 18.1 Å². The SMILES string of the molecule is CCNC(=O)N1CCC[C@]2(S(=O)(=O)c3ccc(Cl)cc3)c3c(F)ccc(F)c3OC[C@H]12. The minimum Gasteiger partial charge on any atom is -0.488 e. The highest BCUT2D eigenvalue weighted by molar-refractivity contribution is 7.92. The Morgan fingerprint density at radius 3 is 2.58 bits per heavy atom. The van der Waals surface area contributed by atoms with Crippen LogP contribution in [0.2, 0.25) is 5.02 Å². The van der Waals surface area contributed by atoms with Crippen LogP contribution in [0.1, 0.15) is 25.3 Å². The number of fused-ring (bicyclic) bond motifs is 3. The fraction of sp³-hybridized carbons (Fsp3) is 0.381. The lowest BCUT2D eigenvalue weighted by Gasteiger charge is -2.51. The quantitative estimate of drug-likeness (QED) is 0.738. The summed E-state index contributed by atoms with van der Waals surface area (Å²) in [5.74, 6) is -2.17. The number of carbonyl (C=O) groups is 1. The Balaban J connectivity index is 2.00. The smallest absolute Gasteiger partial charge is 0.317 e. The first-order valence-electron chi connectivity index (χ1n) is 9.90. The number of benzene rings is 2. The molecule has 1 N–H and O–H groups in total. The van der Waals surface area contributed by atoms with Crippen LogP contribution in [0.3, 0.4) is 0 Å². The van der Waals surface area contributed by atoms with Crippen molar-refractivity contribution < 1.29 is 26.7 Å². The van der Waals surface area contributed by atoms with E-state index in [-0.39, 0.29) is 36.5 Å². The average molecular weight is 471 g/mol. The summed E-state index contributed by atoms with van der Waals surface area (Å²) in [5, 5.41) is 3.00. The molecule has 2 aromatic rings. The number of urea groups is 1. The molecule has 166 valence electrons. The Kier molecular flexibility index (Phi) is 5.59. The van der Waals surface area contributed by atoms with Crippen molar-refractivity contribution in [1.29, 1.82) is 0 Å². The molecule has 2 heterocycles. The maximum absolute atomic E-state index is 15.2. The van der Waals surface area contributed by atoms with Gasteiger partial charge in [0.05, 0.1) is 16.5 Å². The molecule has 0 bridgehead atoms. The maximum Gasteiger partial charge on any atom is 0.317 e. The molecule has 0 radical (unpaired) electrons. The van der Waals surface area contributed by atoms with Gasteiger partial charge in [0.15, 0.2) is 21.4 Å². The van der Waals surface area contributed by atoms with Crippen LogP contribution in [0.5, 0.6) is 5.75 Å². The van der Waals surface area contributed by atoms with Crippen molar-refractivity contribution in [2.24, 2.45) is 0 Å². The number of hydrogen-bond donors (Lipinski definition) is 1. The lowest BCUT2D eigenvalue weighted by Crippen LogP contribution is -2.65. The predicted octanol–water partition coefficient (Wildman–Crippen LogP) is 3.87. The summed E-state index contributed by atoms with van der Waals surface area (Å²) in [7, 11) is -4.30. The Hall–Kier alpha value is -2.39. The summed E-state index contributed by atoms with van der Waals surface area (Å²) in [5.41, 5.74) is -0.368. The summed E-state index contributed by atoms with van der Waals surface area (Å²) >= 11 is 5.92. The van der Waals surface area contributed by atoms with E-state index in [1.54, 1.807) is 6.92 Å². The van der Waals surface area contributed by atoms with Crippen molar-refractivity contribution >= 4 is 27.5 Å². The number of carbonyl (C=O) groups excluding carboxylic acids is 1. The zero-order chi connectivity index (χ0) is 22.4. The van der Waals surface area contributed by atoms with Crippen LogP contribution >= 0.6 is 11.6 Å². The van der Waals surface area contributed by atoms with E-state index in [1.165, 1.54) is 29.2 Å². The standard InChI is InChI=1S/C21H21ClF2N2O4S/c1-2-25-20(27)26-11-3-10-21(31(28,29)14-6-4-13(22)5-7-14)17(26)12-30-19-16(24)9-8-15(23)18(19)21/h4-9,17H,2-3,10-12H2,1H3,(H,25,27)/t17-,21+/m0/s1. The molecule has 10 heteroatoms. The molecule has 2 amide bonds. The van der Waals surface area contributed by atoms with E-state index in [1.807, 2.05) is 0 Å². The van der Waals surface area contributed by atoms with Gasteiger partial charge in [-0.3, -0.25) is 0 Å². The van der Waals surface area contributed by atoms with Crippen LogP contribution in [0.15, 0.2) is 41.3 Å². The molecule has 6 nitrogen and oxygen atoms in total. The van der Waals surface area contributed by atoms with Gasteiger partial charge in [0.1, 0.15) is 17.2 Å². The molecule has 2 atom stereocenters. The van der Waals surface area contributed by atoms with E-state index in [4.69, 9.17) is 16.3 Å². The second-order valence-electron chi connectivity index (χ2n) is 7.54. The highest BCUT2D eigenvalue weighted by Gasteiger charge is 2.61. The normalized spacial score (nSPS) is 22.8. The fourth-order valence-corrected chi connectivity index (χ4v) is 7.07. The van der Waals surface area contributed by atoms with Gasteiger partial charge < -0.3 is 15.0 Å². The molecule has 2 aromatic carbocycles. The third kappa shape index (κ3) is 3.25. The predicted molar refractivity (Wildman–Crippen MR) is 111 cm³/mol. The summed E-state index contributed by atoms with van der Waals surface area (Å²) < 4.78 is 61.5.